The Morgan fingerprint density at radius 3 is 2.12 bits per heavy atom. The molecule has 0 saturated heterocycles. The van der Waals surface area contributed by atoms with E-state index in [-0.39, 0.29) is 11.9 Å². The minimum absolute atomic E-state index is 0.134. The van der Waals surface area contributed by atoms with Crippen molar-refractivity contribution < 1.29 is 22.6 Å². The van der Waals surface area contributed by atoms with Gasteiger partial charge in [-0.25, -0.2) is 0 Å². The summed E-state index contributed by atoms with van der Waals surface area (Å²) in [6.07, 6.45) is -3.79. The normalized spacial score (nSPS) is 21.0. The quantitative estimate of drug-likeness (QED) is 0.689. The highest BCUT2D eigenvalue weighted by atomic mass is 19.4. The average molecular weight is 350 g/mol. The first-order valence-electron chi connectivity index (χ1n) is 8.23. The molecule has 3 atom stereocenters. The van der Waals surface area contributed by atoms with E-state index < -0.39 is 6.36 Å². The molecule has 2 aromatic carbocycles. The molecular weight excluding hydrogens is 329 g/mol. The lowest BCUT2D eigenvalue weighted by Crippen LogP contribution is -2.17. The topological polar surface area (TPSA) is 18.5 Å². The number of ether oxygens (including phenoxy) is 2. The van der Waals surface area contributed by atoms with Crippen molar-refractivity contribution in [2.75, 3.05) is 7.11 Å². The number of halogens is 3. The molecule has 134 valence electrons. The molecule has 5 heteroatoms. The lowest BCUT2D eigenvalue weighted by atomic mass is 9.99. The van der Waals surface area contributed by atoms with Crippen molar-refractivity contribution in [2.45, 2.75) is 38.7 Å². The number of benzene rings is 2. The summed E-state index contributed by atoms with van der Waals surface area (Å²) >= 11 is 0. The van der Waals surface area contributed by atoms with Gasteiger partial charge in [-0.1, -0.05) is 41.5 Å². The van der Waals surface area contributed by atoms with Gasteiger partial charge in [-0.2, -0.15) is 0 Å². The van der Waals surface area contributed by atoms with E-state index in [0.717, 1.165) is 12.0 Å². The van der Waals surface area contributed by atoms with Crippen LogP contribution in [0.4, 0.5) is 13.2 Å². The summed E-state index contributed by atoms with van der Waals surface area (Å²) in [6, 6.07) is 12.5. The Kier molecular flexibility index (Phi) is 4.78. The molecule has 1 aliphatic rings. The zero-order chi connectivity index (χ0) is 18.2. The number of hydrogen-bond donors (Lipinski definition) is 0. The van der Waals surface area contributed by atoms with E-state index in [2.05, 4.69) is 36.8 Å². The maximum Gasteiger partial charge on any atom is 0.573 e. The Hall–Kier alpha value is -2.01. The minimum Gasteiger partial charge on any atom is -0.406 e. The molecule has 0 heterocycles. The van der Waals surface area contributed by atoms with E-state index in [1.54, 1.807) is 19.2 Å². The maximum atomic E-state index is 12.3. The summed E-state index contributed by atoms with van der Waals surface area (Å²) in [4.78, 5) is 0. The monoisotopic (exact) mass is 350 g/mol. The van der Waals surface area contributed by atoms with E-state index in [9.17, 15) is 13.2 Å². The highest BCUT2D eigenvalue weighted by Gasteiger charge is 2.45. The Bertz CT molecular complexity index is 717. The predicted octanol–water partition coefficient (Wildman–Crippen LogP) is 5.69. The second-order valence-electron chi connectivity index (χ2n) is 6.70. The highest BCUT2D eigenvalue weighted by molar-refractivity contribution is 5.36. The van der Waals surface area contributed by atoms with Gasteiger partial charge in [-0.05, 0) is 55.4 Å². The number of hydrogen-bond acceptors (Lipinski definition) is 2. The second-order valence-corrected chi connectivity index (χ2v) is 6.70. The van der Waals surface area contributed by atoms with Gasteiger partial charge in [-0.3, -0.25) is 0 Å². The van der Waals surface area contributed by atoms with Crippen molar-refractivity contribution >= 4 is 0 Å². The van der Waals surface area contributed by atoms with Gasteiger partial charge in [0.2, 0.25) is 0 Å². The van der Waals surface area contributed by atoms with Gasteiger partial charge in [0.1, 0.15) is 5.75 Å². The molecule has 0 amide bonds. The van der Waals surface area contributed by atoms with Crippen LogP contribution in [0.25, 0.3) is 0 Å². The number of alkyl halides is 3. The smallest absolute Gasteiger partial charge is 0.406 e. The molecule has 1 fully saturated rings. The van der Waals surface area contributed by atoms with Gasteiger partial charge in [-0.15, -0.1) is 13.2 Å². The van der Waals surface area contributed by atoms with Crippen LogP contribution in [0.1, 0.15) is 40.7 Å². The van der Waals surface area contributed by atoms with Crippen LogP contribution in [0, 0.1) is 19.8 Å². The first kappa shape index (κ1) is 17.8. The van der Waals surface area contributed by atoms with E-state index in [0.29, 0.717) is 11.8 Å². The second kappa shape index (κ2) is 6.71. The first-order valence-corrected chi connectivity index (χ1v) is 8.23. The molecule has 2 aromatic rings. The van der Waals surface area contributed by atoms with Crippen LogP contribution < -0.4 is 4.74 Å². The van der Waals surface area contributed by atoms with Crippen molar-refractivity contribution in [3.8, 4) is 5.75 Å². The van der Waals surface area contributed by atoms with E-state index in [1.165, 1.54) is 28.8 Å². The highest BCUT2D eigenvalue weighted by Crippen LogP contribution is 2.55. The lowest BCUT2D eigenvalue weighted by Gasteiger charge is -2.17. The zero-order valence-corrected chi connectivity index (χ0v) is 14.4. The number of methoxy groups -OCH3 is 1. The molecule has 2 nitrogen and oxygen atoms in total. The molecule has 0 aromatic heterocycles. The van der Waals surface area contributed by atoms with Crippen LogP contribution in [-0.4, -0.2) is 13.5 Å². The predicted molar refractivity (Wildman–Crippen MR) is 89.6 cm³/mol. The van der Waals surface area contributed by atoms with Gasteiger partial charge in [0.25, 0.3) is 0 Å². The summed E-state index contributed by atoms with van der Waals surface area (Å²) in [7, 11) is 1.64. The molecule has 0 N–H and O–H groups in total. The fourth-order valence-electron chi connectivity index (χ4n) is 3.57. The largest absolute Gasteiger partial charge is 0.573 e. The average Bonchev–Trinajstić information content (AvgIpc) is 3.28. The molecule has 1 aliphatic carbocycles. The molecular formula is C20H21F3O2. The van der Waals surface area contributed by atoms with Crippen molar-refractivity contribution in [3.63, 3.8) is 0 Å². The van der Waals surface area contributed by atoms with E-state index in [4.69, 9.17) is 4.74 Å². The SMILES string of the molecule is COC(c1ccc(OC(F)(F)F)cc1)C1CC1c1cc(C)cc(C)c1. The summed E-state index contributed by atoms with van der Waals surface area (Å²) in [6.45, 7) is 4.17. The fourth-order valence-corrected chi connectivity index (χ4v) is 3.57. The molecule has 0 aliphatic heterocycles. The molecule has 25 heavy (non-hydrogen) atoms. The Labute approximate surface area is 145 Å². The molecule has 1 saturated carbocycles. The molecule has 0 spiro atoms. The van der Waals surface area contributed by atoms with Crippen molar-refractivity contribution in [2.24, 2.45) is 5.92 Å². The third-order valence-electron chi connectivity index (χ3n) is 4.60. The van der Waals surface area contributed by atoms with Crippen molar-refractivity contribution in [1.82, 2.24) is 0 Å². The van der Waals surface area contributed by atoms with Crippen LogP contribution in [0.2, 0.25) is 0 Å². The van der Waals surface area contributed by atoms with Crippen LogP contribution in [0.3, 0.4) is 0 Å². The maximum absolute atomic E-state index is 12.3. The van der Waals surface area contributed by atoms with Crippen LogP contribution >= 0.6 is 0 Å². The summed E-state index contributed by atoms with van der Waals surface area (Å²) in [5.74, 6) is 0.544. The van der Waals surface area contributed by atoms with Crippen molar-refractivity contribution in [3.05, 3.63) is 64.7 Å². The minimum atomic E-state index is -4.67. The molecule has 0 bridgehead atoms. The van der Waals surface area contributed by atoms with Gasteiger partial charge >= 0.3 is 6.36 Å². The Morgan fingerprint density at radius 2 is 1.60 bits per heavy atom. The molecule has 3 rings (SSSR count). The third kappa shape index (κ3) is 4.34. The Morgan fingerprint density at radius 1 is 1.00 bits per heavy atom. The lowest BCUT2D eigenvalue weighted by molar-refractivity contribution is -0.274. The van der Waals surface area contributed by atoms with E-state index in [1.807, 2.05) is 0 Å². The first-order chi connectivity index (χ1) is 11.8. The van der Waals surface area contributed by atoms with Crippen LogP contribution in [-0.2, 0) is 4.74 Å². The van der Waals surface area contributed by atoms with Crippen LogP contribution in [0.15, 0.2) is 42.5 Å². The summed E-state index contributed by atoms with van der Waals surface area (Å²) < 4.78 is 46.4. The standard InChI is InChI=1S/C20H21F3O2/c1-12-8-13(2)10-15(9-12)17-11-18(17)19(24-3)14-4-6-16(7-5-14)25-20(21,22)23/h4-10,17-19H,11H2,1-3H3. The summed E-state index contributed by atoms with van der Waals surface area (Å²) in [5, 5.41) is 0. The van der Waals surface area contributed by atoms with E-state index >= 15 is 0 Å². The van der Waals surface area contributed by atoms with Gasteiger partial charge in [0.15, 0.2) is 0 Å². The van der Waals surface area contributed by atoms with Crippen LogP contribution in [0.5, 0.6) is 5.75 Å². The number of aryl methyl sites for hydroxylation is 2. The van der Waals surface area contributed by atoms with Gasteiger partial charge in [0, 0.05) is 7.11 Å². The third-order valence-corrected chi connectivity index (χ3v) is 4.60. The van der Waals surface area contributed by atoms with Crippen molar-refractivity contribution in [1.29, 1.82) is 0 Å². The fraction of sp³-hybridized carbons (Fsp3) is 0.400. The molecule has 3 unspecified atom stereocenters. The number of rotatable bonds is 5. The molecule has 0 radical (unpaired) electrons. The summed E-state index contributed by atoms with van der Waals surface area (Å²) in [5.41, 5.74) is 4.65. The van der Waals surface area contributed by atoms with Gasteiger partial charge < -0.3 is 9.47 Å². The van der Waals surface area contributed by atoms with Gasteiger partial charge in [0.05, 0.1) is 6.10 Å². The zero-order valence-electron chi connectivity index (χ0n) is 14.4. The Balaban J connectivity index is 1.73.